The first-order chi connectivity index (χ1) is 13.6. The van der Waals surface area contributed by atoms with Crippen LogP contribution < -0.4 is 0 Å². The highest BCUT2D eigenvalue weighted by molar-refractivity contribution is 6.49. The van der Waals surface area contributed by atoms with Crippen molar-refractivity contribution < 1.29 is 14.0 Å². The molecule has 0 aromatic heterocycles. The van der Waals surface area contributed by atoms with Crippen molar-refractivity contribution in [2.45, 2.75) is 59.5 Å². The Labute approximate surface area is 177 Å². The van der Waals surface area contributed by atoms with Gasteiger partial charge < -0.3 is 9.16 Å². The van der Waals surface area contributed by atoms with E-state index in [1.54, 1.807) is 6.92 Å². The number of carbonyl (C=O) groups excluding carboxylic acids is 1. The highest BCUT2D eigenvalue weighted by Gasteiger charge is 2.29. The molecule has 0 amide bonds. The van der Waals surface area contributed by atoms with Gasteiger partial charge >= 0.3 is 5.97 Å². The van der Waals surface area contributed by atoms with Gasteiger partial charge in [0.2, 0.25) is 0 Å². The maximum absolute atomic E-state index is 11.5. The molecule has 29 heavy (non-hydrogen) atoms. The quantitative estimate of drug-likeness (QED) is 0.225. The number of allylic oxidation sites excluding steroid dienone is 6. The van der Waals surface area contributed by atoms with Gasteiger partial charge in [-0.15, -0.1) is 0 Å². The van der Waals surface area contributed by atoms with E-state index < -0.39 is 9.04 Å². The van der Waals surface area contributed by atoms with E-state index in [2.05, 4.69) is 64.2 Å². The third-order valence-corrected chi connectivity index (χ3v) is 5.55. The standard InChI is InChI=1S/C25H33O3Si/c1-8-27-24(26)16-18(2)10-9-11-19(3)20-12-13-22-21(17-20)23(28-29(6)7)14-15-25(22,4)5/h9-14,16-17H,8,15H2,1-7H3/b10-9+,18-16-,19-11+. The second kappa shape index (κ2) is 9.93. The van der Waals surface area contributed by atoms with E-state index in [4.69, 9.17) is 9.16 Å². The monoisotopic (exact) mass is 409 g/mol. The van der Waals surface area contributed by atoms with Crippen molar-refractivity contribution in [1.82, 2.24) is 0 Å². The van der Waals surface area contributed by atoms with E-state index in [0.717, 1.165) is 23.3 Å². The minimum Gasteiger partial charge on any atom is -0.542 e. The summed E-state index contributed by atoms with van der Waals surface area (Å²) < 4.78 is 11.1. The zero-order valence-corrected chi connectivity index (χ0v) is 19.8. The van der Waals surface area contributed by atoms with Crippen LogP contribution in [0, 0.1) is 0 Å². The predicted octanol–water partition coefficient (Wildman–Crippen LogP) is 6.45. The molecule has 1 aromatic rings. The molecule has 1 aromatic carbocycles. The van der Waals surface area contributed by atoms with E-state index in [0.29, 0.717) is 6.61 Å². The Balaban J connectivity index is 2.27. The average molecular weight is 410 g/mol. The second-order valence-corrected chi connectivity index (χ2v) is 10.3. The Bertz CT molecular complexity index is 870. The summed E-state index contributed by atoms with van der Waals surface area (Å²) in [5.41, 5.74) is 5.86. The van der Waals surface area contributed by atoms with Crippen LogP contribution in [0.3, 0.4) is 0 Å². The van der Waals surface area contributed by atoms with Gasteiger partial charge in [0.15, 0.2) is 0 Å². The number of hydrogen-bond acceptors (Lipinski definition) is 3. The molecule has 1 aliphatic rings. The van der Waals surface area contributed by atoms with E-state index in [-0.39, 0.29) is 11.4 Å². The predicted molar refractivity (Wildman–Crippen MR) is 124 cm³/mol. The topological polar surface area (TPSA) is 35.5 Å². The van der Waals surface area contributed by atoms with Gasteiger partial charge in [-0.3, -0.25) is 0 Å². The molecule has 1 aliphatic carbocycles. The fourth-order valence-electron chi connectivity index (χ4n) is 3.33. The minimum atomic E-state index is -0.820. The Morgan fingerprint density at radius 2 is 1.97 bits per heavy atom. The molecule has 4 heteroatoms. The number of esters is 1. The molecule has 0 spiro atoms. The number of benzene rings is 1. The highest BCUT2D eigenvalue weighted by atomic mass is 28.3. The van der Waals surface area contributed by atoms with Gasteiger partial charge in [0.05, 0.1) is 6.61 Å². The van der Waals surface area contributed by atoms with Crippen LogP contribution in [0.2, 0.25) is 13.1 Å². The Morgan fingerprint density at radius 3 is 2.62 bits per heavy atom. The zero-order chi connectivity index (χ0) is 21.6. The van der Waals surface area contributed by atoms with Gasteiger partial charge in [0, 0.05) is 11.6 Å². The molecule has 0 N–H and O–H groups in total. The number of rotatable bonds is 7. The lowest BCUT2D eigenvalue weighted by Crippen LogP contribution is -2.23. The molecule has 0 saturated carbocycles. The third kappa shape index (κ3) is 6.33. The average Bonchev–Trinajstić information content (AvgIpc) is 2.63. The van der Waals surface area contributed by atoms with Crippen molar-refractivity contribution in [3.8, 4) is 0 Å². The van der Waals surface area contributed by atoms with E-state index in [1.165, 1.54) is 22.8 Å². The van der Waals surface area contributed by atoms with Gasteiger partial charge in [0.25, 0.3) is 9.04 Å². The SMILES string of the molecule is CCOC(=O)\C=C(C)/C=C/C=C(\C)c1ccc2c(c1)C(O[Si](C)C)=CCC2(C)C. The molecule has 2 rings (SSSR count). The lowest BCUT2D eigenvalue weighted by atomic mass is 9.74. The van der Waals surface area contributed by atoms with Gasteiger partial charge in [0.1, 0.15) is 5.76 Å². The van der Waals surface area contributed by atoms with Gasteiger partial charge in [-0.2, -0.15) is 0 Å². The first-order valence-electron chi connectivity index (χ1n) is 10.2. The first-order valence-corrected chi connectivity index (χ1v) is 12.6. The second-order valence-electron chi connectivity index (χ2n) is 8.28. The lowest BCUT2D eigenvalue weighted by molar-refractivity contribution is -0.137. The fraction of sp³-hybridized carbons (Fsp3) is 0.400. The van der Waals surface area contributed by atoms with Crippen LogP contribution in [0.1, 0.15) is 57.7 Å². The van der Waals surface area contributed by atoms with Gasteiger partial charge in [-0.05, 0) is 80.1 Å². The third-order valence-electron chi connectivity index (χ3n) is 4.92. The molecule has 0 heterocycles. The van der Waals surface area contributed by atoms with E-state index in [1.807, 2.05) is 19.1 Å². The molecule has 3 nitrogen and oxygen atoms in total. The van der Waals surface area contributed by atoms with E-state index in [9.17, 15) is 4.79 Å². The van der Waals surface area contributed by atoms with Crippen LogP contribution in [0.25, 0.3) is 11.3 Å². The van der Waals surface area contributed by atoms with Crippen LogP contribution in [-0.4, -0.2) is 21.6 Å². The number of hydrogen-bond donors (Lipinski definition) is 0. The molecule has 0 unspecified atom stereocenters. The Kier molecular flexibility index (Phi) is 7.85. The van der Waals surface area contributed by atoms with Crippen LogP contribution in [0.4, 0.5) is 0 Å². The number of fused-ring (bicyclic) bond motifs is 1. The molecular formula is C25H33O3Si. The maximum Gasteiger partial charge on any atom is 0.330 e. The van der Waals surface area contributed by atoms with Crippen molar-refractivity contribution in [3.05, 3.63) is 70.8 Å². The van der Waals surface area contributed by atoms with Crippen LogP contribution in [0.5, 0.6) is 0 Å². The van der Waals surface area contributed by atoms with E-state index >= 15 is 0 Å². The first kappa shape index (κ1) is 23.0. The molecule has 0 atom stereocenters. The zero-order valence-electron chi connectivity index (χ0n) is 18.8. The van der Waals surface area contributed by atoms with Crippen molar-refractivity contribution in [2.75, 3.05) is 6.61 Å². The van der Waals surface area contributed by atoms with Crippen LogP contribution in [0.15, 0.2) is 54.2 Å². The molecule has 1 radical (unpaired) electrons. The van der Waals surface area contributed by atoms with Crippen molar-refractivity contribution in [3.63, 3.8) is 0 Å². The Hall–Kier alpha value is -2.33. The highest BCUT2D eigenvalue weighted by Crippen LogP contribution is 2.40. The van der Waals surface area contributed by atoms with Crippen LogP contribution >= 0.6 is 0 Å². The van der Waals surface area contributed by atoms with Crippen molar-refractivity contribution in [1.29, 1.82) is 0 Å². The summed E-state index contributed by atoms with van der Waals surface area (Å²) in [6, 6.07) is 6.67. The molecule has 0 aliphatic heterocycles. The molecule has 0 saturated heterocycles. The summed E-state index contributed by atoms with van der Waals surface area (Å²) in [6.07, 6.45) is 10.7. The Morgan fingerprint density at radius 1 is 1.24 bits per heavy atom. The fourth-order valence-corrected chi connectivity index (χ4v) is 3.96. The number of ether oxygens (including phenoxy) is 1. The number of carbonyl (C=O) groups is 1. The summed E-state index contributed by atoms with van der Waals surface area (Å²) >= 11 is 0. The summed E-state index contributed by atoms with van der Waals surface area (Å²) in [5, 5.41) is 0. The largest absolute Gasteiger partial charge is 0.542 e. The summed E-state index contributed by atoms with van der Waals surface area (Å²) in [7, 11) is -0.820. The lowest BCUT2D eigenvalue weighted by Gasteiger charge is -2.33. The minimum absolute atomic E-state index is 0.113. The van der Waals surface area contributed by atoms with Crippen molar-refractivity contribution in [2.24, 2.45) is 0 Å². The molecule has 0 fully saturated rings. The van der Waals surface area contributed by atoms with Crippen LogP contribution in [-0.2, 0) is 19.4 Å². The van der Waals surface area contributed by atoms with Crippen molar-refractivity contribution >= 4 is 26.3 Å². The summed E-state index contributed by atoms with van der Waals surface area (Å²) in [4.78, 5) is 11.5. The molecule has 155 valence electrons. The smallest absolute Gasteiger partial charge is 0.330 e. The van der Waals surface area contributed by atoms with Gasteiger partial charge in [-0.1, -0.05) is 44.2 Å². The molecular weight excluding hydrogens is 376 g/mol. The summed E-state index contributed by atoms with van der Waals surface area (Å²) in [6.45, 7) is 15.1. The molecule has 0 bridgehead atoms. The maximum atomic E-state index is 11.5. The summed E-state index contributed by atoms with van der Waals surface area (Å²) in [5.74, 6) is 0.719. The normalized spacial score (nSPS) is 16.6. The van der Waals surface area contributed by atoms with Gasteiger partial charge in [-0.25, -0.2) is 4.79 Å².